The molecule has 3 N–H and O–H groups in total. The normalized spacial score (nSPS) is 27.5. The molecule has 7 heteroatoms. The molecule has 1 heterocycles. The molecule has 3 saturated carbocycles. The topological polar surface area (TPSA) is 104 Å². The number of carbonyl (C=O) groups excluding carboxylic acids is 1. The lowest BCUT2D eigenvalue weighted by atomic mass is 9.44. The van der Waals surface area contributed by atoms with Crippen LogP contribution in [-0.4, -0.2) is 33.2 Å². The monoisotopic (exact) mass is 313 g/mol. The van der Waals surface area contributed by atoms with E-state index in [1.165, 1.54) is 6.20 Å². The van der Waals surface area contributed by atoms with E-state index in [1.807, 2.05) is 30.3 Å². The quantitative estimate of drug-likeness (QED) is 0.801. The lowest BCUT2D eigenvalue weighted by Crippen LogP contribution is -2.83. The van der Waals surface area contributed by atoms with E-state index >= 15 is 0 Å². The molecular formula is C16H15N3O4. The van der Waals surface area contributed by atoms with Crippen molar-refractivity contribution < 1.29 is 19.1 Å². The minimum Gasteiger partial charge on any atom is -0.465 e. The summed E-state index contributed by atoms with van der Waals surface area (Å²) in [5.41, 5.74) is 0.149. The van der Waals surface area contributed by atoms with E-state index in [-0.39, 0.29) is 22.7 Å². The van der Waals surface area contributed by atoms with Crippen molar-refractivity contribution in [2.24, 2.45) is 0 Å². The van der Waals surface area contributed by atoms with Crippen molar-refractivity contribution in [3.8, 4) is 11.5 Å². The molecule has 3 fully saturated rings. The highest BCUT2D eigenvalue weighted by molar-refractivity contribution is 5.92. The number of carbonyl (C=O) groups is 2. The van der Waals surface area contributed by atoms with Gasteiger partial charge in [0.2, 0.25) is 11.7 Å². The van der Waals surface area contributed by atoms with Crippen LogP contribution in [0.1, 0.15) is 29.8 Å². The second kappa shape index (κ2) is 4.58. The molecule has 2 aromatic rings. The zero-order valence-corrected chi connectivity index (χ0v) is 12.2. The number of benzene rings is 1. The van der Waals surface area contributed by atoms with E-state index in [2.05, 4.69) is 15.6 Å². The van der Waals surface area contributed by atoms with Crippen molar-refractivity contribution in [2.75, 3.05) is 0 Å². The van der Waals surface area contributed by atoms with Crippen molar-refractivity contribution in [3.63, 3.8) is 0 Å². The number of aromatic nitrogens is 1. The molecule has 7 nitrogen and oxygen atoms in total. The van der Waals surface area contributed by atoms with Crippen LogP contribution in [0.15, 0.2) is 40.9 Å². The molecule has 1 aromatic heterocycles. The number of carboxylic acid groups (broad SMARTS) is 1. The number of hydrogen-bond donors (Lipinski definition) is 3. The average molecular weight is 313 g/mol. The number of oxazole rings is 1. The van der Waals surface area contributed by atoms with Crippen LogP contribution in [0.3, 0.4) is 0 Å². The second-order valence-corrected chi connectivity index (χ2v) is 6.37. The lowest BCUT2D eigenvalue weighted by Gasteiger charge is -2.69. The van der Waals surface area contributed by atoms with Crippen molar-refractivity contribution in [3.05, 3.63) is 42.3 Å². The van der Waals surface area contributed by atoms with E-state index in [1.54, 1.807) is 0 Å². The SMILES string of the molecule is O=C(O)NC12CC(NC(=O)c3cnc(-c4ccccc4)o3)(C1)C2. The summed E-state index contributed by atoms with van der Waals surface area (Å²) in [6.07, 6.45) is 2.26. The number of nitrogens with one attached hydrogen (secondary N) is 2. The first-order valence-electron chi connectivity index (χ1n) is 7.34. The predicted molar refractivity (Wildman–Crippen MR) is 79.9 cm³/mol. The lowest BCUT2D eigenvalue weighted by molar-refractivity contribution is -0.0920. The Morgan fingerprint density at radius 1 is 1.09 bits per heavy atom. The Labute approximate surface area is 131 Å². The summed E-state index contributed by atoms with van der Waals surface area (Å²) in [5.74, 6) is 0.245. The Morgan fingerprint density at radius 2 is 1.74 bits per heavy atom. The van der Waals surface area contributed by atoms with Gasteiger partial charge in [-0.25, -0.2) is 9.78 Å². The maximum absolute atomic E-state index is 12.3. The molecule has 23 heavy (non-hydrogen) atoms. The van der Waals surface area contributed by atoms with Crippen LogP contribution in [0.25, 0.3) is 11.5 Å². The van der Waals surface area contributed by atoms with Gasteiger partial charge in [-0.2, -0.15) is 0 Å². The number of hydrogen-bond acceptors (Lipinski definition) is 4. The third kappa shape index (κ3) is 2.25. The van der Waals surface area contributed by atoms with E-state index in [0.717, 1.165) is 5.56 Å². The molecule has 1 aromatic carbocycles. The van der Waals surface area contributed by atoms with Crippen LogP contribution in [0.4, 0.5) is 4.79 Å². The molecule has 0 radical (unpaired) electrons. The zero-order chi connectivity index (χ0) is 16.1. The van der Waals surface area contributed by atoms with Gasteiger partial charge in [-0.15, -0.1) is 0 Å². The van der Waals surface area contributed by atoms with E-state index < -0.39 is 6.09 Å². The molecule has 0 saturated heterocycles. The minimum absolute atomic E-state index is 0.161. The van der Waals surface area contributed by atoms with Crippen molar-refractivity contribution in [2.45, 2.75) is 30.3 Å². The maximum atomic E-state index is 12.3. The molecule has 0 aliphatic heterocycles. The van der Waals surface area contributed by atoms with Crippen LogP contribution in [0.5, 0.6) is 0 Å². The molecule has 2 amide bonds. The third-order valence-corrected chi connectivity index (χ3v) is 4.53. The second-order valence-electron chi connectivity index (χ2n) is 6.37. The predicted octanol–water partition coefficient (Wildman–Crippen LogP) is 2.01. The van der Waals surface area contributed by atoms with Crippen LogP contribution in [0, 0.1) is 0 Å². The van der Waals surface area contributed by atoms with Crippen LogP contribution >= 0.6 is 0 Å². The average Bonchev–Trinajstić information content (AvgIpc) is 2.94. The van der Waals surface area contributed by atoms with Gasteiger partial charge in [-0.1, -0.05) is 18.2 Å². The molecule has 0 spiro atoms. The van der Waals surface area contributed by atoms with Gasteiger partial charge in [-0.3, -0.25) is 4.79 Å². The number of amides is 2. The summed E-state index contributed by atoms with van der Waals surface area (Å²) in [6, 6.07) is 9.35. The number of nitrogens with zero attached hydrogens (tertiary/aromatic N) is 1. The summed E-state index contributed by atoms with van der Waals surface area (Å²) >= 11 is 0. The molecule has 2 bridgehead atoms. The van der Waals surface area contributed by atoms with Gasteiger partial charge in [0, 0.05) is 11.1 Å². The summed E-state index contributed by atoms with van der Waals surface area (Å²) in [5, 5.41) is 14.2. The molecule has 118 valence electrons. The van der Waals surface area contributed by atoms with E-state index in [0.29, 0.717) is 25.2 Å². The molecule has 3 aliphatic carbocycles. The van der Waals surface area contributed by atoms with Crippen molar-refractivity contribution in [1.82, 2.24) is 15.6 Å². The first-order valence-corrected chi connectivity index (χ1v) is 7.34. The van der Waals surface area contributed by atoms with Crippen molar-refractivity contribution >= 4 is 12.0 Å². The third-order valence-electron chi connectivity index (χ3n) is 4.53. The highest BCUT2D eigenvalue weighted by Gasteiger charge is 2.69. The first-order chi connectivity index (χ1) is 11.0. The Kier molecular flexibility index (Phi) is 2.75. The zero-order valence-electron chi connectivity index (χ0n) is 12.2. The molecule has 0 unspecified atom stereocenters. The van der Waals surface area contributed by atoms with Crippen LogP contribution in [-0.2, 0) is 0 Å². The largest absolute Gasteiger partial charge is 0.465 e. The summed E-state index contributed by atoms with van der Waals surface area (Å²) < 4.78 is 5.52. The molecule has 5 rings (SSSR count). The number of rotatable bonds is 4. The minimum atomic E-state index is -1.02. The van der Waals surface area contributed by atoms with Gasteiger partial charge < -0.3 is 20.2 Å². The Hall–Kier alpha value is -2.83. The van der Waals surface area contributed by atoms with Gasteiger partial charge in [0.15, 0.2) is 0 Å². The summed E-state index contributed by atoms with van der Waals surface area (Å²) in [7, 11) is 0. The fourth-order valence-corrected chi connectivity index (χ4v) is 3.68. The molecule has 0 atom stereocenters. The fraction of sp³-hybridized carbons (Fsp3) is 0.312. The standard InChI is InChI=1S/C16H15N3O4/c20-12(18-15-7-16(8-15,9-15)19-14(21)22)11-6-17-13(23-11)10-4-2-1-3-5-10/h1-6,19H,7-9H2,(H,18,20)(H,21,22). The Bertz CT molecular complexity index is 764. The van der Waals surface area contributed by atoms with Gasteiger partial charge in [0.1, 0.15) is 0 Å². The Morgan fingerprint density at radius 3 is 2.39 bits per heavy atom. The van der Waals surface area contributed by atoms with Crippen LogP contribution < -0.4 is 10.6 Å². The summed E-state index contributed by atoms with van der Waals surface area (Å²) in [6.45, 7) is 0. The highest BCUT2D eigenvalue weighted by Crippen LogP contribution is 2.60. The van der Waals surface area contributed by atoms with E-state index in [9.17, 15) is 9.59 Å². The first kappa shape index (κ1) is 13.8. The van der Waals surface area contributed by atoms with Gasteiger partial charge in [-0.05, 0) is 31.4 Å². The van der Waals surface area contributed by atoms with Gasteiger partial charge in [0.25, 0.3) is 5.91 Å². The van der Waals surface area contributed by atoms with Gasteiger partial charge in [0.05, 0.1) is 11.7 Å². The van der Waals surface area contributed by atoms with Crippen molar-refractivity contribution in [1.29, 1.82) is 0 Å². The highest BCUT2D eigenvalue weighted by atomic mass is 16.4. The fourth-order valence-electron chi connectivity index (χ4n) is 3.68. The van der Waals surface area contributed by atoms with E-state index in [4.69, 9.17) is 9.52 Å². The van der Waals surface area contributed by atoms with Crippen LogP contribution in [0.2, 0.25) is 0 Å². The summed E-state index contributed by atoms with van der Waals surface area (Å²) in [4.78, 5) is 27.1. The molecule has 3 aliphatic rings. The van der Waals surface area contributed by atoms with Gasteiger partial charge >= 0.3 is 6.09 Å². The Balaban J connectivity index is 1.40. The smallest absolute Gasteiger partial charge is 0.405 e. The maximum Gasteiger partial charge on any atom is 0.405 e. The molecular weight excluding hydrogens is 298 g/mol.